The molecule has 0 atom stereocenters. The van der Waals surface area contributed by atoms with Gasteiger partial charge in [-0.2, -0.15) is 0 Å². The smallest absolute Gasteiger partial charge is 0.255 e. The van der Waals surface area contributed by atoms with Crippen LogP contribution in [-0.2, 0) is 0 Å². The van der Waals surface area contributed by atoms with Crippen molar-refractivity contribution >= 4 is 40.1 Å². The summed E-state index contributed by atoms with van der Waals surface area (Å²) >= 11 is 5.83. The van der Waals surface area contributed by atoms with E-state index in [2.05, 4.69) is 10.3 Å². The molecule has 0 saturated heterocycles. The molecule has 4 rings (SSSR count). The third-order valence-electron chi connectivity index (χ3n) is 4.50. The highest BCUT2D eigenvalue weighted by molar-refractivity contribution is 6.31. The number of aromatic carboxylic acids is 1. The Morgan fingerprint density at radius 1 is 0.897 bits per heavy atom. The lowest BCUT2D eigenvalue weighted by Gasteiger charge is -2.13. The summed E-state index contributed by atoms with van der Waals surface area (Å²) in [5, 5.41) is 15.2. The van der Waals surface area contributed by atoms with E-state index in [1.807, 2.05) is 36.4 Å². The Kier molecular flexibility index (Phi) is 4.97. The standard InChI is InChI=1S/C23H15ClN2O3/c24-18-8-9-21(19(12-18)23(28)29)26-22(27)16-6-3-5-14(10-16)17-11-15-4-1-2-7-20(15)25-13-17/h1-13H,(H,26,27)(H,28,29)/p-1. The average molecular weight is 402 g/mol. The van der Waals surface area contributed by atoms with Gasteiger partial charge in [0.1, 0.15) is 0 Å². The Labute approximate surface area is 171 Å². The van der Waals surface area contributed by atoms with Crippen LogP contribution in [0.3, 0.4) is 0 Å². The Hall–Kier alpha value is -3.70. The molecule has 6 heteroatoms. The summed E-state index contributed by atoms with van der Waals surface area (Å²) in [6.45, 7) is 0. The van der Waals surface area contributed by atoms with Gasteiger partial charge >= 0.3 is 0 Å². The molecule has 0 radical (unpaired) electrons. The van der Waals surface area contributed by atoms with E-state index in [0.717, 1.165) is 22.0 Å². The third kappa shape index (κ3) is 3.95. The predicted octanol–water partition coefficient (Wildman–Crippen LogP) is 4.17. The van der Waals surface area contributed by atoms with E-state index < -0.39 is 11.9 Å². The first-order valence-electron chi connectivity index (χ1n) is 8.79. The predicted molar refractivity (Wildman–Crippen MR) is 111 cm³/mol. The zero-order chi connectivity index (χ0) is 20.4. The summed E-state index contributed by atoms with van der Waals surface area (Å²) in [5.41, 5.74) is 2.92. The number of carbonyl (C=O) groups is 2. The van der Waals surface area contributed by atoms with Gasteiger partial charge in [0, 0.05) is 33.3 Å². The second-order valence-corrected chi connectivity index (χ2v) is 6.87. The van der Waals surface area contributed by atoms with Crippen molar-refractivity contribution in [3.8, 4) is 11.1 Å². The number of halogens is 1. The number of nitrogens with zero attached hydrogens (tertiary/aromatic N) is 1. The number of pyridine rings is 1. The molecule has 1 heterocycles. The molecule has 1 N–H and O–H groups in total. The van der Waals surface area contributed by atoms with Crippen LogP contribution >= 0.6 is 11.6 Å². The molecule has 0 fully saturated rings. The summed E-state index contributed by atoms with van der Waals surface area (Å²) in [6, 6.07) is 21.0. The van der Waals surface area contributed by atoms with Crippen molar-refractivity contribution in [1.29, 1.82) is 0 Å². The number of benzene rings is 3. The molecule has 3 aromatic carbocycles. The van der Waals surface area contributed by atoms with Crippen molar-refractivity contribution in [2.75, 3.05) is 5.32 Å². The zero-order valence-electron chi connectivity index (χ0n) is 15.1. The van der Waals surface area contributed by atoms with Gasteiger partial charge in [0.15, 0.2) is 0 Å². The topological polar surface area (TPSA) is 82.1 Å². The minimum atomic E-state index is -1.42. The molecule has 4 aromatic rings. The number of nitrogens with one attached hydrogen (secondary N) is 1. The summed E-state index contributed by atoms with van der Waals surface area (Å²) in [7, 11) is 0. The first kappa shape index (κ1) is 18.7. The van der Waals surface area contributed by atoms with E-state index in [4.69, 9.17) is 11.6 Å². The van der Waals surface area contributed by atoms with Gasteiger partial charge < -0.3 is 15.2 Å². The molecule has 0 aliphatic carbocycles. The summed E-state index contributed by atoms with van der Waals surface area (Å²) in [4.78, 5) is 28.5. The van der Waals surface area contributed by atoms with Crippen LogP contribution in [-0.4, -0.2) is 16.9 Å². The fourth-order valence-corrected chi connectivity index (χ4v) is 3.23. The fourth-order valence-electron chi connectivity index (χ4n) is 3.06. The highest BCUT2D eigenvalue weighted by Gasteiger charge is 2.12. The van der Waals surface area contributed by atoms with Crippen LogP contribution in [0.2, 0.25) is 5.02 Å². The van der Waals surface area contributed by atoms with E-state index in [1.165, 1.54) is 18.2 Å². The maximum Gasteiger partial charge on any atom is 0.255 e. The summed E-state index contributed by atoms with van der Waals surface area (Å²) < 4.78 is 0. The van der Waals surface area contributed by atoms with Gasteiger partial charge in [0.05, 0.1) is 17.2 Å². The van der Waals surface area contributed by atoms with E-state index in [0.29, 0.717) is 5.56 Å². The van der Waals surface area contributed by atoms with Crippen LogP contribution in [0.25, 0.3) is 22.0 Å². The van der Waals surface area contributed by atoms with Gasteiger partial charge in [0.2, 0.25) is 0 Å². The van der Waals surface area contributed by atoms with Crippen LogP contribution in [0, 0.1) is 0 Å². The van der Waals surface area contributed by atoms with Crippen molar-refractivity contribution in [3.05, 3.63) is 95.1 Å². The number of anilines is 1. The van der Waals surface area contributed by atoms with Crippen LogP contribution in [0.15, 0.2) is 79.0 Å². The van der Waals surface area contributed by atoms with Crippen LogP contribution in [0.1, 0.15) is 20.7 Å². The highest BCUT2D eigenvalue weighted by atomic mass is 35.5. The van der Waals surface area contributed by atoms with Gasteiger partial charge in [-0.1, -0.05) is 41.9 Å². The highest BCUT2D eigenvalue weighted by Crippen LogP contribution is 2.25. The normalized spacial score (nSPS) is 10.7. The van der Waals surface area contributed by atoms with Crippen LogP contribution < -0.4 is 10.4 Å². The average Bonchev–Trinajstić information content (AvgIpc) is 2.74. The van der Waals surface area contributed by atoms with Gasteiger partial charge in [-0.15, -0.1) is 0 Å². The number of para-hydroxylation sites is 1. The largest absolute Gasteiger partial charge is 0.545 e. The first-order valence-corrected chi connectivity index (χ1v) is 9.16. The molecule has 0 aliphatic rings. The molecular weight excluding hydrogens is 388 g/mol. The lowest BCUT2D eigenvalue weighted by molar-refractivity contribution is -0.254. The fraction of sp³-hybridized carbons (Fsp3) is 0. The second kappa shape index (κ2) is 7.73. The molecule has 29 heavy (non-hydrogen) atoms. The van der Waals surface area contributed by atoms with Crippen molar-refractivity contribution in [2.24, 2.45) is 0 Å². The lowest BCUT2D eigenvalue weighted by atomic mass is 10.0. The number of carboxylic acids is 1. The Bertz CT molecular complexity index is 1250. The minimum absolute atomic E-state index is 0.122. The molecule has 0 spiro atoms. The number of aromatic nitrogens is 1. The SMILES string of the molecule is O=C(Nc1ccc(Cl)cc1C(=O)[O-])c1cccc(-c2cnc3ccccc3c2)c1. The molecule has 0 aliphatic heterocycles. The van der Waals surface area contributed by atoms with Crippen molar-refractivity contribution in [3.63, 3.8) is 0 Å². The number of carbonyl (C=O) groups excluding carboxylic acids is 2. The van der Waals surface area contributed by atoms with Crippen molar-refractivity contribution in [2.45, 2.75) is 0 Å². The molecule has 1 aromatic heterocycles. The number of hydrogen-bond donors (Lipinski definition) is 1. The lowest BCUT2D eigenvalue weighted by Crippen LogP contribution is -2.25. The molecule has 5 nitrogen and oxygen atoms in total. The maximum atomic E-state index is 12.7. The van der Waals surface area contributed by atoms with E-state index >= 15 is 0 Å². The molecule has 142 valence electrons. The van der Waals surface area contributed by atoms with Gasteiger partial charge in [-0.05, 0) is 48.0 Å². The maximum absolute atomic E-state index is 12.7. The van der Waals surface area contributed by atoms with Crippen LogP contribution in [0.5, 0.6) is 0 Å². The molecule has 0 unspecified atom stereocenters. The number of carboxylic acid groups (broad SMARTS) is 1. The summed E-state index contributed by atoms with van der Waals surface area (Å²) in [5.74, 6) is -1.86. The summed E-state index contributed by atoms with van der Waals surface area (Å²) in [6.07, 6.45) is 1.76. The van der Waals surface area contributed by atoms with Crippen molar-refractivity contribution in [1.82, 2.24) is 4.98 Å². The van der Waals surface area contributed by atoms with E-state index in [1.54, 1.807) is 24.4 Å². The minimum Gasteiger partial charge on any atom is -0.545 e. The molecule has 0 saturated carbocycles. The van der Waals surface area contributed by atoms with Gasteiger partial charge in [0.25, 0.3) is 5.91 Å². The molecule has 1 amide bonds. The monoisotopic (exact) mass is 401 g/mol. The molecular formula is C23H14ClN2O3-. The Balaban J connectivity index is 1.65. The van der Waals surface area contributed by atoms with Gasteiger partial charge in [-0.3, -0.25) is 9.78 Å². The molecule has 0 bridgehead atoms. The quantitative estimate of drug-likeness (QED) is 0.556. The second-order valence-electron chi connectivity index (χ2n) is 6.43. The zero-order valence-corrected chi connectivity index (χ0v) is 15.8. The van der Waals surface area contributed by atoms with Gasteiger partial charge in [-0.25, -0.2) is 0 Å². The third-order valence-corrected chi connectivity index (χ3v) is 4.73. The van der Waals surface area contributed by atoms with Crippen LogP contribution in [0.4, 0.5) is 5.69 Å². The Morgan fingerprint density at radius 2 is 1.72 bits per heavy atom. The Morgan fingerprint density at radius 3 is 2.55 bits per heavy atom. The number of hydrogen-bond acceptors (Lipinski definition) is 4. The number of fused-ring (bicyclic) bond motifs is 1. The van der Waals surface area contributed by atoms with E-state index in [9.17, 15) is 14.7 Å². The number of rotatable bonds is 4. The van der Waals surface area contributed by atoms with E-state index in [-0.39, 0.29) is 16.3 Å². The first-order chi connectivity index (χ1) is 14.0. The van der Waals surface area contributed by atoms with Crippen molar-refractivity contribution < 1.29 is 14.7 Å². The number of amides is 1.